The molecule has 0 saturated carbocycles. The molecule has 1 fully saturated rings. The number of carboxylic acid groups (broad SMARTS) is 1. The minimum atomic E-state index is -1.25. The lowest BCUT2D eigenvalue weighted by Crippen LogP contribution is -2.66. The average Bonchev–Trinajstić information content (AvgIpc) is 2.50. The lowest BCUT2D eigenvalue weighted by atomic mass is 9.95. The highest BCUT2D eigenvalue weighted by molar-refractivity contribution is 7.98. The first-order valence-electron chi connectivity index (χ1n) is 7.48. The maximum atomic E-state index is 12.2. The van der Waals surface area contributed by atoms with Crippen LogP contribution in [0.4, 0.5) is 0 Å². The van der Waals surface area contributed by atoms with Crippen molar-refractivity contribution in [3.63, 3.8) is 0 Å². The molecule has 0 spiro atoms. The number of thioether (sulfide) groups is 1. The van der Waals surface area contributed by atoms with Gasteiger partial charge in [-0.2, -0.15) is 11.8 Å². The zero-order valence-electron chi connectivity index (χ0n) is 13.2. The fourth-order valence-electron chi connectivity index (χ4n) is 2.45. The third kappa shape index (κ3) is 5.49. The van der Waals surface area contributed by atoms with E-state index in [4.69, 9.17) is 0 Å². The number of rotatable bonds is 7. The van der Waals surface area contributed by atoms with Gasteiger partial charge in [-0.05, 0) is 38.2 Å². The Hall–Kier alpha value is -1.28. The number of hydrogen-bond acceptors (Lipinski definition) is 5. The number of carbonyl (C=O) groups is 3. The molecule has 22 heavy (non-hydrogen) atoms. The molecule has 8 heteroatoms. The van der Waals surface area contributed by atoms with Crippen LogP contribution in [0.15, 0.2) is 0 Å². The van der Waals surface area contributed by atoms with Crippen molar-refractivity contribution >= 4 is 29.5 Å². The Kier molecular flexibility index (Phi) is 7.67. The second kappa shape index (κ2) is 8.99. The van der Waals surface area contributed by atoms with Crippen molar-refractivity contribution in [3.05, 3.63) is 0 Å². The van der Waals surface area contributed by atoms with Crippen LogP contribution in [0.2, 0.25) is 0 Å². The van der Waals surface area contributed by atoms with E-state index in [0.29, 0.717) is 38.1 Å². The van der Waals surface area contributed by atoms with Gasteiger partial charge >= 0.3 is 0 Å². The van der Waals surface area contributed by atoms with Gasteiger partial charge in [0.25, 0.3) is 5.91 Å². The Morgan fingerprint density at radius 2 is 1.95 bits per heavy atom. The summed E-state index contributed by atoms with van der Waals surface area (Å²) in [6.45, 7) is 2.77. The minimum Gasteiger partial charge on any atom is -0.548 e. The van der Waals surface area contributed by atoms with Crippen molar-refractivity contribution in [2.75, 3.05) is 25.1 Å². The summed E-state index contributed by atoms with van der Waals surface area (Å²) in [6, 6.07) is -1.24. The van der Waals surface area contributed by atoms with Gasteiger partial charge in [-0.1, -0.05) is 0 Å². The molecular weight excluding hydrogens is 306 g/mol. The van der Waals surface area contributed by atoms with Crippen LogP contribution in [0.1, 0.15) is 26.2 Å². The number of carboxylic acids is 1. The molecule has 0 unspecified atom stereocenters. The van der Waals surface area contributed by atoms with Gasteiger partial charge in [-0.25, -0.2) is 0 Å². The predicted octanol–water partition coefficient (Wildman–Crippen LogP) is -2.16. The number of nitrogens with zero attached hydrogens (tertiary/aromatic N) is 1. The summed E-state index contributed by atoms with van der Waals surface area (Å²) in [5.74, 6) is -1.12. The van der Waals surface area contributed by atoms with E-state index in [0.717, 1.165) is 0 Å². The second-order valence-electron chi connectivity index (χ2n) is 5.66. The van der Waals surface area contributed by atoms with E-state index in [1.807, 2.05) is 6.26 Å². The standard InChI is InChI=1S/C14H25N3O4S/c1-9(15)13(19)17-6-3-10(4-7-17)12(18)16-11(14(20)21)5-8-22-2/h9-11H,3-8,15H2,1-2H3,(H,16,18)(H,20,21)/t9-,11-/m0/s1. The van der Waals surface area contributed by atoms with Gasteiger partial charge in [-0.15, -0.1) is 0 Å². The molecular formula is C14H25N3O4S. The number of piperidine rings is 1. The zero-order chi connectivity index (χ0) is 16.7. The SMILES string of the molecule is CSCC[C@H](NC(=O)C1CCN(C(=O)[C@H](C)[NH3+])CC1)C(=O)[O-]. The summed E-state index contributed by atoms with van der Waals surface area (Å²) >= 11 is 1.52. The Morgan fingerprint density at radius 3 is 2.41 bits per heavy atom. The number of aliphatic carboxylic acids is 1. The lowest BCUT2D eigenvalue weighted by molar-refractivity contribution is -0.400. The summed E-state index contributed by atoms with van der Waals surface area (Å²) in [5.41, 5.74) is 3.71. The monoisotopic (exact) mass is 331 g/mol. The molecule has 1 aliphatic heterocycles. The topological polar surface area (TPSA) is 117 Å². The number of hydrogen-bond donors (Lipinski definition) is 2. The third-order valence-electron chi connectivity index (χ3n) is 3.81. The molecule has 2 atom stereocenters. The van der Waals surface area contributed by atoms with Crippen LogP contribution in [-0.2, 0) is 14.4 Å². The largest absolute Gasteiger partial charge is 0.548 e. The molecule has 0 aromatic rings. The molecule has 4 N–H and O–H groups in total. The van der Waals surface area contributed by atoms with Crippen LogP contribution in [0.25, 0.3) is 0 Å². The van der Waals surface area contributed by atoms with Crippen LogP contribution >= 0.6 is 11.8 Å². The Bertz CT molecular complexity index is 409. The fourth-order valence-corrected chi connectivity index (χ4v) is 2.92. The van der Waals surface area contributed by atoms with Crippen LogP contribution in [-0.4, -0.2) is 59.9 Å². The van der Waals surface area contributed by atoms with Gasteiger partial charge in [0.05, 0.1) is 12.0 Å². The summed E-state index contributed by atoms with van der Waals surface area (Å²) in [7, 11) is 0. The Balaban J connectivity index is 2.47. The van der Waals surface area contributed by atoms with Crippen molar-refractivity contribution < 1.29 is 25.2 Å². The molecule has 126 valence electrons. The second-order valence-corrected chi connectivity index (χ2v) is 6.65. The van der Waals surface area contributed by atoms with E-state index in [9.17, 15) is 19.5 Å². The van der Waals surface area contributed by atoms with E-state index in [2.05, 4.69) is 11.1 Å². The summed E-state index contributed by atoms with van der Waals surface area (Å²) in [4.78, 5) is 36.8. The Morgan fingerprint density at radius 1 is 1.36 bits per heavy atom. The highest BCUT2D eigenvalue weighted by atomic mass is 32.2. The fraction of sp³-hybridized carbons (Fsp3) is 0.786. The van der Waals surface area contributed by atoms with E-state index >= 15 is 0 Å². The van der Waals surface area contributed by atoms with E-state index < -0.39 is 12.0 Å². The predicted molar refractivity (Wildman–Crippen MR) is 81.6 cm³/mol. The molecule has 0 aromatic heterocycles. The van der Waals surface area contributed by atoms with Gasteiger partial charge in [0, 0.05) is 19.0 Å². The van der Waals surface area contributed by atoms with Crippen molar-refractivity contribution in [2.45, 2.75) is 38.3 Å². The maximum absolute atomic E-state index is 12.2. The number of amides is 2. The number of nitrogens with one attached hydrogen (secondary N) is 1. The lowest BCUT2D eigenvalue weighted by Gasteiger charge is -2.32. The molecule has 7 nitrogen and oxygen atoms in total. The first-order valence-corrected chi connectivity index (χ1v) is 8.88. The van der Waals surface area contributed by atoms with Crippen molar-refractivity contribution in [3.8, 4) is 0 Å². The smallest absolute Gasteiger partial charge is 0.280 e. The van der Waals surface area contributed by atoms with E-state index in [1.54, 1.807) is 11.8 Å². The first kappa shape index (κ1) is 18.8. The molecule has 0 radical (unpaired) electrons. The van der Waals surface area contributed by atoms with Crippen LogP contribution in [0.3, 0.4) is 0 Å². The van der Waals surface area contributed by atoms with Crippen LogP contribution in [0.5, 0.6) is 0 Å². The van der Waals surface area contributed by atoms with Gasteiger partial charge < -0.3 is 25.9 Å². The quantitative estimate of drug-likeness (QED) is 0.551. The molecule has 1 rings (SSSR count). The highest BCUT2D eigenvalue weighted by Crippen LogP contribution is 2.18. The summed E-state index contributed by atoms with van der Waals surface area (Å²) < 4.78 is 0. The summed E-state index contributed by atoms with van der Waals surface area (Å²) in [5, 5.41) is 13.6. The van der Waals surface area contributed by atoms with Gasteiger partial charge in [0.15, 0.2) is 6.04 Å². The van der Waals surface area contributed by atoms with Crippen molar-refractivity contribution in [1.82, 2.24) is 10.2 Å². The van der Waals surface area contributed by atoms with Crippen LogP contribution in [0, 0.1) is 5.92 Å². The summed E-state index contributed by atoms with van der Waals surface area (Å²) in [6.07, 6.45) is 3.33. The van der Waals surface area contributed by atoms with Crippen molar-refractivity contribution in [1.29, 1.82) is 0 Å². The van der Waals surface area contributed by atoms with Gasteiger partial charge in [0.2, 0.25) is 5.91 Å². The van der Waals surface area contributed by atoms with E-state index in [-0.39, 0.29) is 23.8 Å². The molecule has 0 aromatic carbocycles. The highest BCUT2D eigenvalue weighted by Gasteiger charge is 2.30. The molecule has 0 aliphatic carbocycles. The first-order chi connectivity index (χ1) is 10.4. The molecule has 1 heterocycles. The van der Waals surface area contributed by atoms with Gasteiger partial charge in [-0.3, -0.25) is 9.59 Å². The molecule has 2 amide bonds. The average molecular weight is 331 g/mol. The van der Waals surface area contributed by atoms with E-state index in [1.165, 1.54) is 11.8 Å². The maximum Gasteiger partial charge on any atom is 0.280 e. The molecule has 0 bridgehead atoms. The normalized spacial score (nSPS) is 18.6. The Labute approximate surface area is 135 Å². The zero-order valence-corrected chi connectivity index (χ0v) is 14.0. The minimum absolute atomic E-state index is 0.00792. The van der Waals surface area contributed by atoms with Crippen LogP contribution < -0.4 is 16.2 Å². The molecule has 1 aliphatic rings. The van der Waals surface area contributed by atoms with Gasteiger partial charge in [0.1, 0.15) is 0 Å². The number of likely N-dealkylation sites (tertiary alicyclic amines) is 1. The molecule has 1 saturated heterocycles. The number of carbonyl (C=O) groups excluding carboxylic acids is 3. The van der Waals surface area contributed by atoms with Crippen molar-refractivity contribution in [2.24, 2.45) is 5.92 Å². The number of quaternary nitrogens is 1. The third-order valence-corrected chi connectivity index (χ3v) is 4.45.